The monoisotopic (exact) mass is 532 g/mol. The standard InChI is InChI=1S/C24H26ClFN6O3S/c1-35-21-9-18(26)10-27-24(21)30-6-4-15(5-7-30)23-29-28-22-12-31(19-13-36(33,34)14-19)11-16-8-17(25)2-3-20(16)32(22)23/h2-3,8-10,15,19H,4-7,11-14H2,1H3. The zero-order chi connectivity index (χ0) is 25.0. The molecule has 5 heterocycles. The summed E-state index contributed by atoms with van der Waals surface area (Å²) in [6, 6.07) is 7.14. The molecule has 1 aromatic carbocycles. The van der Waals surface area contributed by atoms with Crippen LogP contribution in [0.1, 0.15) is 36.0 Å². The molecule has 9 nitrogen and oxygen atoms in total. The van der Waals surface area contributed by atoms with Crippen LogP contribution in [0.15, 0.2) is 30.5 Å². The lowest BCUT2D eigenvalue weighted by molar-refractivity contribution is 0.193. The number of aromatic nitrogens is 4. The molecule has 3 aliphatic heterocycles. The summed E-state index contributed by atoms with van der Waals surface area (Å²) < 4.78 is 44.8. The fraction of sp³-hybridized carbons (Fsp3) is 0.458. The first-order chi connectivity index (χ1) is 17.3. The van der Waals surface area contributed by atoms with Crippen LogP contribution in [0.2, 0.25) is 5.02 Å². The lowest BCUT2D eigenvalue weighted by Crippen LogP contribution is -2.52. The van der Waals surface area contributed by atoms with Gasteiger partial charge in [-0.25, -0.2) is 17.8 Å². The van der Waals surface area contributed by atoms with Crippen LogP contribution in [0.25, 0.3) is 5.69 Å². The van der Waals surface area contributed by atoms with Gasteiger partial charge in [-0.3, -0.25) is 9.47 Å². The minimum Gasteiger partial charge on any atom is -0.493 e. The van der Waals surface area contributed by atoms with Crippen LogP contribution in [-0.4, -0.2) is 70.8 Å². The molecule has 2 fully saturated rings. The third-order valence-corrected chi connectivity index (χ3v) is 9.36. The molecule has 2 aromatic heterocycles. The zero-order valence-electron chi connectivity index (χ0n) is 19.8. The van der Waals surface area contributed by atoms with E-state index in [2.05, 4.69) is 29.5 Å². The molecule has 6 rings (SSSR count). The van der Waals surface area contributed by atoms with Crippen molar-refractivity contribution in [3.05, 3.63) is 58.5 Å². The van der Waals surface area contributed by atoms with E-state index in [9.17, 15) is 12.8 Å². The highest BCUT2D eigenvalue weighted by Crippen LogP contribution is 2.37. The topological polar surface area (TPSA) is 93.4 Å². The second kappa shape index (κ2) is 8.97. The SMILES string of the molecule is COc1cc(F)cnc1N1CCC(c2nnc3n2-c2ccc(Cl)cc2CN(C2CS(=O)(=O)C2)C3)CC1. The molecule has 190 valence electrons. The summed E-state index contributed by atoms with van der Waals surface area (Å²) in [6.07, 6.45) is 2.87. The van der Waals surface area contributed by atoms with E-state index in [1.807, 2.05) is 18.2 Å². The van der Waals surface area contributed by atoms with Crippen molar-refractivity contribution in [3.63, 3.8) is 0 Å². The van der Waals surface area contributed by atoms with Crippen molar-refractivity contribution >= 4 is 27.3 Å². The van der Waals surface area contributed by atoms with Gasteiger partial charge in [0, 0.05) is 42.7 Å². The maximum atomic E-state index is 13.6. The molecule has 0 atom stereocenters. The van der Waals surface area contributed by atoms with E-state index in [1.165, 1.54) is 19.4 Å². The summed E-state index contributed by atoms with van der Waals surface area (Å²) in [7, 11) is -1.43. The number of hydrogen-bond donors (Lipinski definition) is 0. The minimum atomic E-state index is -2.95. The van der Waals surface area contributed by atoms with Crippen molar-refractivity contribution in [2.75, 3.05) is 36.6 Å². The molecule has 0 spiro atoms. The third kappa shape index (κ3) is 4.22. The third-order valence-electron chi connectivity index (χ3n) is 7.34. The van der Waals surface area contributed by atoms with Gasteiger partial charge in [-0.2, -0.15) is 0 Å². The van der Waals surface area contributed by atoms with Crippen LogP contribution in [-0.2, 0) is 22.9 Å². The highest BCUT2D eigenvalue weighted by molar-refractivity contribution is 7.92. The largest absolute Gasteiger partial charge is 0.493 e. The Kier molecular flexibility index (Phi) is 5.88. The summed E-state index contributed by atoms with van der Waals surface area (Å²) in [5.41, 5.74) is 2.02. The number of nitrogens with zero attached hydrogens (tertiary/aromatic N) is 6. The highest BCUT2D eigenvalue weighted by Gasteiger charge is 2.40. The number of ether oxygens (including phenoxy) is 1. The molecule has 3 aromatic rings. The van der Waals surface area contributed by atoms with Crippen molar-refractivity contribution in [2.45, 2.75) is 37.9 Å². The fourth-order valence-electron chi connectivity index (χ4n) is 5.47. The number of rotatable bonds is 4. The number of fused-ring (bicyclic) bond motifs is 3. The average Bonchev–Trinajstić information content (AvgIpc) is 3.18. The Morgan fingerprint density at radius 1 is 1.11 bits per heavy atom. The molecule has 0 aliphatic carbocycles. The molecule has 0 bridgehead atoms. The van der Waals surface area contributed by atoms with Crippen molar-refractivity contribution in [2.24, 2.45) is 0 Å². The Morgan fingerprint density at radius 2 is 1.89 bits per heavy atom. The molecular weight excluding hydrogens is 507 g/mol. The molecule has 2 saturated heterocycles. The van der Waals surface area contributed by atoms with Gasteiger partial charge in [-0.1, -0.05) is 11.6 Å². The van der Waals surface area contributed by atoms with Gasteiger partial charge in [-0.15, -0.1) is 10.2 Å². The van der Waals surface area contributed by atoms with E-state index in [4.69, 9.17) is 16.3 Å². The van der Waals surface area contributed by atoms with E-state index in [0.717, 1.165) is 48.8 Å². The van der Waals surface area contributed by atoms with E-state index in [1.54, 1.807) is 0 Å². The molecule has 0 saturated carbocycles. The summed E-state index contributed by atoms with van der Waals surface area (Å²) in [4.78, 5) is 8.54. The first-order valence-electron chi connectivity index (χ1n) is 11.9. The van der Waals surface area contributed by atoms with Crippen LogP contribution in [0.3, 0.4) is 0 Å². The Labute approximate surface area is 213 Å². The van der Waals surface area contributed by atoms with Gasteiger partial charge in [0.15, 0.2) is 27.2 Å². The fourth-order valence-corrected chi connectivity index (χ4v) is 7.16. The maximum Gasteiger partial charge on any atom is 0.171 e. The predicted molar refractivity (Wildman–Crippen MR) is 133 cm³/mol. The van der Waals surface area contributed by atoms with E-state index < -0.39 is 15.7 Å². The maximum absolute atomic E-state index is 13.6. The second-order valence-corrected chi connectivity index (χ2v) is 12.2. The van der Waals surface area contributed by atoms with Crippen LogP contribution < -0.4 is 9.64 Å². The molecule has 0 amide bonds. The number of anilines is 1. The van der Waals surface area contributed by atoms with Gasteiger partial charge in [-0.05, 0) is 36.6 Å². The van der Waals surface area contributed by atoms with Crippen molar-refractivity contribution in [1.29, 1.82) is 0 Å². The predicted octanol–water partition coefficient (Wildman–Crippen LogP) is 2.96. The molecule has 12 heteroatoms. The zero-order valence-corrected chi connectivity index (χ0v) is 21.3. The first kappa shape index (κ1) is 23.6. The Balaban J connectivity index is 1.28. The average molecular weight is 533 g/mol. The first-order valence-corrected chi connectivity index (χ1v) is 14.1. The number of halogens is 2. The lowest BCUT2D eigenvalue weighted by Gasteiger charge is -2.35. The molecule has 36 heavy (non-hydrogen) atoms. The normalized spacial score (nSPS) is 20.4. The number of benzene rings is 1. The van der Waals surface area contributed by atoms with Gasteiger partial charge < -0.3 is 9.64 Å². The van der Waals surface area contributed by atoms with Gasteiger partial charge in [0.2, 0.25) is 0 Å². The minimum absolute atomic E-state index is 0.0324. The van der Waals surface area contributed by atoms with Crippen molar-refractivity contribution in [3.8, 4) is 11.4 Å². The summed E-state index contributed by atoms with van der Waals surface area (Å²) in [5, 5.41) is 9.82. The van der Waals surface area contributed by atoms with Crippen molar-refractivity contribution in [1.82, 2.24) is 24.6 Å². The molecular formula is C24H26ClFN6O3S. The second-order valence-electron chi connectivity index (χ2n) is 9.66. The number of sulfone groups is 1. The van der Waals surface area contributed by atoms with Crippen LogP contribution in [0, 0.1) is 5.82 Å². The van der Waals surface area contributed by atoms with Crippen LogP contribution >= 0.6 is 11.6 Å². The van der Waals surface area contributed by atoms with E-state index >= 15 is 0 Å². The summed E-state index contributed by atoms with van der Waals surface area (Å²) in [5.74, 6) is 2.86. The summed E-state index contributed by atoms with van der Waals surface area (Å²) >= 11 is 6.35. The number of piperidine rings is 1. The molecule has 3 aliphatic rings. The van der Waals surface area contributed by atoms with E-state index in [-0.39, 0.29) is 23.5 Å². The van der Waals surface area contributed by atoms with Gasteiger partial charge in [0.05, 0.1) is 37.0 Å². The molecule has 0 N–H and O–H groups in total. The van der Waals surface area contributed by atoms with Crippen LogP contribution in [0.4, 0.5) is 10.2 Å². The highest BCUT2D eigenvalue weighted by atomic mass is 35.5. The number of hydrogen-bond acceptors (Lipinski definition) is 8. The quantitative estimate of drug-likeness (QED) is 0.506. The Hall–Kier alpha value is -2.76. The smallest absolute Gasteiger partial charge is 0.171 e. The van der Waals surface area contributed by atoms with Gasteiger partial charge in [0.25, 0.3) is 0 Å². The molecule has 0 unspecified atom stereocenters. The van der Waals surface area contributed by atoms with E-state index in [0.29, 0.717) is 29.7 Å². The Bertz CT molecular complexity index is 1410. The molecule has 0 radical (unpaired) electrons. The number of pyridine rings is 1. The van der Waals surface area contributed by atoms with Gasteiger partial charge in [0.1, 0.15) is 11.6 Å². The summed E-state index contributed by atoms with van der Waals surface area (Å²) in [6.45, 7) is 2.57. The van der Waals surface area contributed by atoms with Crippen LogP contribution in [0.5, 0.6) is 5.75 Å². The lowest BCUT2D eigenvalue weighted by atomic mass is 9.95. The Morgan fingerprint density at radius 3 is 2.61 bits per heavy atom. The van der Waals surface area contributed by atoms with Gasteiger partial charge >= 0.3 is 0 Å². The van der Waals surface area contributed by atoms with Crippen molar-refractivity contribution < 1.29 is 17.5 Å². The number of methoxy groups -OCH3 is 1.